The van der Waals surface area contributed by atoms with Crippen LogP contribution in [-0.2, 0) is 4.79 Å². The Labute approximate surface area is 170 Å². The van der Waals surface area contributed by atoms with Gasteiger partial charge in [-0.2, -0.15) is 0 Å². The van der Waals surface area contributed by atoms with Crippen LogP contribution in [0.4, 0.5) is 4.79 Å². The van der Waals surface area contributed by atoms with Crippen LogP contribution in [0.5, 0.6) is 11.5 Å². The number of imide groups is 1. The minimum absolute atomic E-state index is 0.342. The molecule has 0 aliphatic carbocycles. The van der Waals surface area contributed by atoms with Gasteiger partial charge in [0.25, 0.3) is 11.1 Å². The summed E-state index contributed by atoms with van der Waals surface area (Å²) in [4.78, 5) is 23.4. The first-order chi connectivity index (χ1) is 12.9. The molecular weight excluding hydrogens is 430 g/mol. The number of hydrogen-bond donors (Lipinski definition) is 1. The molecule has 0 saturated carbocycles. The van der Waals surface area contributed by atoms with E-state index in [4.69, 9.17) is 9.47 Å². The quantitative estimate of drug-likeness (QED) is 0.506. The number of hydrogen-bond acceptors (Lipinski definition) is 5. The summed E-state index contributed by atoms with van der Waals surface area (Å²) in [5.41, 5.74) is 3.01. The molecule has 27 heavy (non-hydrogen) atoms. The van der Waals surface area contributed by atoms with E-state index in [1.807, 2.05) is 44.2 Å². The summed E-state index contributed by atoms with van der Waals surface area (Å²) in [6.07, 6.45) is 1.65. The molecule has 1 N–H and O–H groups in total. The topological polar surface area (TPSA) is 64.6 Å². The number of carbonyl (C=O) groups is 2. The zero-order valence-electron chi connectivity index (χ0n) is 14.9. The third kappa shape index (κ3) is 5.37. The van der Waals surface area contributed by atoms with Crippen LogP contribution in [-0.4, -0.2) is 24.4 Å². The molecule has 3 rings (SSSR count). The van der Waals surface area contributed by atoms with Gasteiger partial charge in [-0.05, 0) is 73.1 Å². The molecular formula is C20H18BrNO4S. The molecule has 2 aromatic carbocycles. The molecule has 0 bridgehead atoms. The lowest BCUT2D eigenvalue weighted by molar-refractivity contribution is -0.115. The Hall–Kier alpha value is -2.25. The fraction of sp³-hybridized carbons (Fsp3) is 0.200. The number of nitrogens with one attached hydrogen (secondary N) is 1. The van der Waals surface area contributed by atoms with Gasteiger partial charge < -0.3 is 9.47 Å². The van der Waals surface area contributed by atoms with Gasteiger partial charge in [0, 0.05) is 10.0 Å². The van der Waals surface area contributed by atoms with Crippen molar-refractivity contribution in [2.24, 2.45) is 0 Å². The van der Waals surface area contributed by atoms with Crippen molar-refractivity contribution >= 4 is 44.9 Å². The molecule has 7 heteroatoms. The van der Waals surface area contributed by atoms with E-state index >= 15 is 0 Å². The van der Waals surface area contributed by atoms with Gasteiger partial charge in [-0.25, -0.2) is 0 Å². The Morgan fingerprint density at radius 3 is 2.41 bits per heavy atom. The third-order valence-electron chi connectivity index (χ3n) is 3.71. The number of thioether (sulfide) groups is 1. The van der Waals surface area contributed by atoms with Crippen molar-refractivity contribution < 1.29 is 19.1 Å². The van der Waals surface area contributed by atoms with Crippen molar-refractivity contribution in [3.63, 3.8) is 0 Å². The summed E-state index contributed by atoms with van der Waals surface area (Å²) in [5, 5.41) is 1.88. The zero-order chi connectivity index (χ0) is 19.4. The highest BCUT2D eigenvalue weighted by Gasteiger charge is 2.25. The maximum Gasteiger partial charge on any atom is 0.290 e. The standard InChI is InChI=1S/C20H18BrNO4S/c1-12-7-13(2)9-16(8-12)25-5-6-26-17-4-3-15(21)10-14(17)11-18-19(23)22-20(24)27-18/h3-4,7-11H,5-6H2,1-2H3,(H,22,23,24)/b18-11+. The van der Waals surface area contributed by atoms with Gasteiger partial charge in [-0.3, -0.25) is 14.9 Å². The second-order valence-electron chi connectivity index (χ2n) is 6.05. The molecule has 2 aromatic rings. The summed E-state index contributed by atoms with van der Waals surface area (Å²) in [5.74, 6) is 1.03. The predicted octanol–water partition coefficient (Wildman–Crippen LogP) is 4.85. The molecule has 0 aromatic heterocycles. The SMILES string of the molecule is Cc1cc(C)cc(OCCOc2ccc(Br)cc2/C=C2/SC(=O)NC2=O)c1. The smallest absolute Gasteiger partial charge is 0.290 e. The van der Waals surface area contributed by atoms with Crippen molar-refractivity contribution in [1.82, 2.24) is 5.32 Å². The fourth-order valence-electron chi connectivity index (χ4n) is 2.65. The number of halogens is 1. The molecule has 140 valence electrons. The van der Waals surface area contributed by atoms with E-state index in [0.717, 1.165) is 33.1 Å². The lowest BCUT2D eigenvalue weighted by atomic mass is 10.1. The van der Waals surface area contributed by atoms with Gasteiger partial charge >= 0.3 is 0 Å². The van der Waals surface area contributed by atoms with E-state index in [2.05, 4.69) is 27.3 Å². The van der Waals surface area contributed by atoms with Crippen molar-refractivity contribution in [3.8, 4) is 11.5 Å². The average molecular weight is 448 g/mol. The van der Waals surface area contributed by atoms with Crippen LogP contribution in [0.2, 0.25) is 0 Å². The number of carbonyl (C=O) groups excluding carboxylic acids is 2. The largest absolute Gasteiger partial charge is 0.490 e. The average Bonchev–Trinajstić information content (AvgIpc) is 2.89. The molecule has 1 aliphatic rings. The van der Waals surface area contributed by atoms with E-state index in [1.165, 1.54) is 0 Å². The van der Waals surface area contributed by atoms with E-state index in [9.17, 15) is 9.59 Å². The number of ether oxygens (including phenoxy) is 2. The number of rotatable bonds is 6. The first kappa shape index (κ1) is 19.5. The molecule has 2 amide bonds. The van der Waals surface area contributed by atoms with Gasteiger partial charge in [-0.1, -0.05) is 22.0 Å². The Morgan fingerprint density at radius 2 is 1.74 bits per heavy atom. The van der Waals surface area contributed by atoms with Crippen molar-refractivity contribution in [2.75, 3.05) is 13.2 Å². The van der Waals surface area contributed by atoms with Crippen LogP contribution in [0.15, 0.2) is 45.8 Å². The first-order valence-corrected chi connectivity index (χ1v) is 9.90. The van der Waals surface area contributed by atoms with Gasteiger partial charge in [0.15, 0.2) is 0 Å². The van der Waals surface area contributed by atoms with Crippen molar-refractivity contribution in [2.45, 2.75) is 13.8 Å². The Kier molecular flexibility index (Phi) is 6.23. The third-order valence-corrected chi connectivity index (χ3v) is 5.01. The lowest BCUT2D eigenvalue weighted by Crippen LogP contribution is -2.17. The van der Waals surface area contributed by atoms with Gasteiger partial charge in [-0.15, -0.1) is 0 Å². The zero-order valence-corrected chi connectivity index (χ0v) is 17.3. The Balaban J connectivity index is 1.66. The molecule has 0 atom stereocenters. The van der Waals surface area contributed by atoms with E-state index in [0.29, 0.717) is 29.4 Å². The maximum atomic E-state index is 11.8. The number of benzene rings is 2. The van der Waals surface area contributed by atoms with Gasteiger partial charge in [0.05, 0.1) is 4.91 Å². The second kappa shape index (κ2) is 8.63. The summed E-state index contributed by atoms with van der Waals surface area (Å²) < 4.78 is 12.4. The fourth-order valence-corrected chi connectivity index (χ4v) is 3.71. The maximum absolute atomic E-state index is 11.8. The van der Waals surface area contributed by atoms with Crippen LogP contribution < -0.4 is 14.8 Å². The molecule has 0 unspecified atom stereocenters. The Morgan fingerprint density at radius 1 is 1.04 bits per heavy atom. The molecule has 1 fully saturated rings. The van der Waals surface area contributed by atoms with Crippen LogP contribution >= 0.6 is 27.7 Å². The highest BCUT2D eigenvalue weighted by molar-refractivity contribution is 9.10. The van der Waals surface area contributed by atoms with Gasteiger partial charge in [0.1, 0.15) is 24.7 Å². The van der Waals surface area contributed by atoms with Crippen LogP contribution in [0.1, 0.15) is 16.7 Å². The molecule has 1 saturated heterocycles. The highest BCUT2D eigenvalue weighted by atomic mass is 79.9. The van der Waals surface area contributed by atoms with E-state index < -0.39 is 5.91 Å². The molecule has 1 heterocycles. The lowest BCUT2D eigenvalue weighted by Gasteiger charge is -2.12. The predicted molar refractivity (Wildman–Crippen MR) is 110 cm³/mol. The summed E-state index contributed by atoms with van der Waals surface area (Å²) >= 11 is 4.29. The minimum atomic E-state index is -0.394. The molecule has 1 aliphatic heterocycles. The van der Waals surface area contributed by atoms with Gasteiger partial charge in [0.2, 0.25) is 0 Å². The number of amides is 2. The van der Waals surface area contributed by atoms with Crippen LogP contribution in [0.25, 0.3) is 6.08 Å². The summed E-state index contributed by atoms with van der Waals surface area (Å²) in [6.45, 7) is 4.80. The first-order valence-electron chi connectivity index (χ1n) is 8.29. The molecule has 5 nitrogen and oxygen atoms in total. The minimum Gasteiger partial charge on any atom is -0.490 e. The molecule has 0 spiro atoms. The molecule has 0 radical (unpaired) electrons. The van der Waals surface area contributed by atoms with E-state index in [1.54, 1.807) is 6.08 Å². The van der Waals surface area contributed by atoms with Crippen LogP contribution in [0.3, 0.4) is 0 Å². The summed E-state index contributed by atoms with van der Waals surface area (Å²) in [7, 11) is 0. The normalized spacial score (nSPS) is 15.1. The second-order valence-corrected chi connectivity index (χ2v) is 7.99. The van der Waals surface area contributed by atoms with Crippen molar-refractivity contribution in [1.29, 1.82) is 0 Å². The summed E-state index contributed by atoms with van der Waals surface area (Å²) in [6, 6.07) is 11.6. The van der Waals surface area contributed by atoms with Crippen LogP contribution in [0, 0.1) is 13.8 Å². The Bertz CT molecular complexity index is 906. The van der Waals surface area contributed by atoms with Crippen molar-refractivity contribution in [3.05, 3.63) is 62.5 Å². The number of aryl methyl sites for hydroxylation is 2. The van der Waals surface area contributed by atoms with E-state index in [-0.39, 0.29) is 5.24 Å². The highest BCUT2D eigenvalue weighted by Crippen LogP contribution is 2.31. The monoisotopic (exact) mass is 447 g/mol.